The van der Waals surface area contributed by atoms with Gasteiger partial charge >= 0.3 is 6.18 Å². The molecule has 0 aliphatic carbocycles. The molecule has 0 radical (unpaired) electrons. The first-order valence-corrected chi connectivity index (χ1v) is 8.04. The molecule has 8 heteroatoms. The number of hydrogen-bond donors (Lipinski definition) is 2. The molecule has 0 saturated carbocycles. The number of nitrogens with one attached hydrogen (secondary N) is 1. The van der Waals surface area contributed by atoms with Crippen LogP contribution in [0.5, 0.6) is 0 Å². The van der Waals surface area contributed by atoms with Gasteiger partial charge in [-0.15, -0.1) is 0 Å². The van der Waals surface area contributed by atoms with Crippen molar-refractivity contribution in [1.29, 1.82) is 0 Å². The third kappa shape index (κ3) is 3.94. The number of nitrogens with zero attached hydrogens (tertiary/aromatic N) is 2. The lowest BCUT2D eigenvalue weighted by atomic mass is 10.1. The summed E-state index contributed by atoms with van der Waals surface area (Å²) in [4.78, 5) is 12.3. The van der Waals surface area contributed by atoms with Gasteiger partial charge in [0.05, 0.1) is 5.69 Å². The first-order chi connectivity index (χ1) is 12.6. The number of hydrogen-bond acceptors (Lipinski definition) is 3. The van der Waals surface area contributed by atoms with Gasteiger partial charge in [0, 0.05) is 29.5 Å². The highest BCUT2D eigenvalue weighted by Gasteiger charge is 2.34. The van der Waals surface area contributed by atoms with Crippen molar-refractivity contribution in [2.45, 2.75) is 13.1 Å². The minimum atomic E-state index is -4.54. The highest BCUT2D eigenvalue weighted by atomic mass is 19.4. The van der Waals surface area contributed by atoms with Gasteiger partial charge in [-0.1, -0.05) is 17.7 Å². The zero-order chi connectivity index (χ0) is 19.8. The Bertz CT molecular complexity index is 1010. The first-order valence-electron chi connectivity index (χ1n) is 8.04. The van der Waals surface area contributed by atoms with Crippen molar-refractivity contribution in [3.63, 3.8) is 0 Å². The summed E-state index contributed by atoms with van der Waals surface area (Å²) < 4.78 is 39.6. The van der Waals surface area contributed by atoms with Crippen molar-refractivity contribution in [2.24, 2.45) is 7.05 Å². The summed E-state index contributed by atoms with van der Waals surface area (Å²) in [6, 6.07) is 12.7. The van der Waals surface area contributed by atoms with Gasteiger partial charge in [-0.25, -0.2) is 0 Å². The lowest BCUT2D eigenvalue weighted by molar-refractivity contribution is -0.141. The second-order valence-electron chi connectivity index (χ2n) is 6.16. The maximum Gasteiger partial charge on any atom is 0.435 e. The number of aromatic nitrogens is 2. The largest absolute Gasteiger partial charge is 0.435 e. The second-order valence-corrected chi connectivity index (χ2v) is 6.16. The van der Waals surface area contributed by atoms with Crippen LogP contribution in [-0.2, 0) is 13.2 Å². The number of anilines is 2. The van der Waals surface area contributed by atoms with Crippen LogP contribution in [0.25, 0.3) is 11.3 Å². The molecule has 0 atom stereocenters. The van der Waals surface area contributed by atoms with Crippen molar-refractivity contribution in [2.75, 3.05) is 11.1 Å². The summed E-state index contributed by atoms with van der Waals surface area (Å²) >= 11 is 0. The molecule has 0 aliphatic heterocycles. The molecule has 140 valence electrons. The second kappa shape index (κ2) is 6.79. The lowest BCUT2D eigenvalue weighted by Gasteiger charge is -2.10. The number of benzene rings is 2. The Balaban J connectivity index is 1.86. The van der Waals surface area contributed by atoms with Gasteiger partial charge in [0.15, 0.2) is 5.69 Å². The molecule has 1 heterocycles. The number of nitrogens with two attached hydrogens (primary N) is 1. The summed E-state index contributed by atoms with van der Waals surface area (Å²) in [5.41, 5.74) is 7.77. The highest BCUT2D eigenvalue weighted by Crippen LogP contribution is 2.34. The van der Waals surface area contributed by atoms with E-state index >= 15 is 0 Å². The normalized spacial score (nSPS) is 11.4. The molecule has 27 heavy (non-hydrogen) atoms. The van der Waals surface area contributed by atoms with Crippen LogP contribution in [-0.4, -0.2) is 15.7 Å². The third-order valence-electron chi connectivity index (χ3n) is 4.04. The van der Waals surface area contributed by atoms with Crippen molar-refractivity contribution in [3.8, 4) is 11.3 Å². The van der Waals surface area contributed by atoms with E-state index in [1.54, 1.807) is 30.3 Å². The van der Waals surface area contributed by atoms with E-state index in [-0.39, 0.29) is 17.3 Å². The molecule has 0 unspecified atom stereocenters. The smallest absolute Gasteiger partial charge is 0.398 e. The Labute approximate surface area is 153 Å². The maximum absolute atomic E-state index is 12.8. The van der Waals surface area contributed by atoms with Crippen LogP contribution < -0.4 is 11.1 Å². The quantitative estimate of drug-likeness (QED) is 0.673. The van der Waals surface area contributed by atoms with Crippen LogP contribution in [0.15, 0.2) is 48.5 Å². The van der Waals surface area contributed by atoms with Gasteiger partial charge in [-0.3, -0.25) is 9.48 Å². The first kappa shape index (κ1) is 18.5. The Kier molecular flexibility index (Phi) is 4.65. The standard InChI is InChI=1S/C19H17F3N4O/c1-11-4-3-5-12(8-11)18(27)24-13-6-7-14(15(23)9-13)16-10-17(19(20,21)22)25-26(16)2/h3-10H,23H2,1-2H3,(H,24,27). The summed E-state index contributed by atoms with van der Waals surface area (Å²) in [7, 11) is 1.41. The van der Waals surface area contributed by atoms with Crippen molar-refractivity contribution in [3.05, 3.63) is 65.4 Å². The fraction of sp³-hybridized carbons (Fsp3) is 0.158. The molecule has 3 rings (SSSR count). The monoisotopic (exact) mass is 374 g/mol. The number of aryl methyl sites for hydroxylation is 2. The van der Waals surface area contributed by atoms with Gasteiger partial charge in [-0.05, 0) is 43.3 Å². The van der Waals surface area contributed by atoms with Gasteiger partial charge in [0.25, 0.3) is 5.91 Å². The summed E-state index contributed by atoms with van der Waals surface area (Å²) in [6.45, 7) is 1.88. The van der Waals surface area contributed by atoms with E-state index in [0.717, 1.165) is 16.3 Å². The zero-order valence-corrected chi connectivity index (χ0v) is 14.6. The average molecular weight is 374 g/mol. The molecule has 3 N–H and O–H groups in total. The Morgan fingerprint density at radius 1 is 1.15 bits per heavy atom. The van der Waals surface area contributed by atoms with Crippen LogP contribution >= 0.6 is 0 Å². The number of nitrogen functional groups attached to an aromatic ring is 1. The van der Waals surface area contributed by atoms with E-state index < -0.39 is 11.9 Å². The molecule has 0 saturated heterocycles. The van der Waals surface area contributed by atoms with Crippen molar-refractivity contribution in [1.82, 2.24) is 9.78 Å². The van der Waals surface area contributed by atoms with E-state index in [9.17, 15) is 18.0 Å². The molecule has 1 amide bonds. The zero-order valence-electron chi connectivity index (χ0n) is 14.6. The van der Waals surface area contributed by atoms with Crippen LogP contribution in [0.2, 0.25) is 0 Å². The number of halogens is 3. The molecule has 0 spiro atoms. The number of rotatable bonds is 3. The van der Waals surface area contributed by atoms with Crippen molar-refractivity contribution >= 4 is 17.3 Å². The molecular formula is C19H17F3N4O. The number of amides is 1. The van der Waals surface area contributed by atoms with Crippen LogP contribution in [0.4, 0.5) is 24.5 Å². The topological polar surface area (TPSA) is 72.9 Å². The SMILES string of the molecule is Cc1cccc(C(=O)Nc2ccc(-c3cc(C(F)(F)F)nn3C)c(N)c2)c1. The van der Waals surface area contributed by atoms with Crippen LogP contribution in [0, 0.1) is 6.92 Å². The maximum atomic E-state index is 12.8. The van der Waals surface area contributed by atoms with Gasteiger partial charge in [-0.2, -0.15) is 18.3 Å². The van der Waals surface area contributed by atoms with Gasteiger partial charge in [0.2, 0.25) is 0 Å². The average Bonchev–Trinajstić information content (AvgIpc) is 2.97. The molecule has 0 bridgehead atoms. The predicted octanol–water partition coefficient (Wildman–Crippen LogP) is 4.25. The predicted molar refractivity (Wildman–Crippen MR) is 97.2 cm³/mol. The Morgan fingerprint density at radius 2 is 1.89 bits per heavy atom. The third-order valence-corrected chi connectivity index (χ3v) is 4.04. The molecule has 5 nitrogen and oxygen atoms in total. The number of carbonyl (C=O) groups excluding carboxylic acids is 1. The number of alkyl halides is 3. The Hall–Kier alpha value is -3.29. The molecule has 0 aliphatic rings. The molecule has 3 aromatic rings. The molecule has 0 fully saturated rings. The van der Waals surface area contributed by atoms with Gasteiger partial charge in [0.1, 0.15) is 0 Å². The molecule has 2 aromatic carbocycles. The highest BCUT2D eigenvalue weighted by molar-refractivity contribution is 6.04. The minimum Gasteiger partial charge on any atom is -0.398 e. The minimum absolute atomic E-state index is 0.230. The molecular weight excluding hydrogens is 357 g/mol. The summed E-state index contributed by atoms with van der Waals surface area (Å²) in [5.74, 6) is -0.300. The van der Waals surface area contributed by atoms with E-state index in [0.29, 0.717) is 16.8 Å². The summed E-state index contributed by atoms with van der Waals surface area (Å²) in [5, 5.41) is 6.21. The van der Waals surface area contributed by atoms with Crippen molar-refractivity contribution < 1.29 is 18.0 Å². The van der Waals surface area contributed by atoms with E-state index in [1.165, 1.54) is 13.1 Å². The van der Waals surface area contributed by atoms with E-state index in [4.69, 9.17) is 5.73 Å². The molecule has 1 aromatic heterocycles. The lowest BCUT2D eigenvalue weighted by Crippen LogP contribution is -2.12. The fourth-order valence-electron chi connectivity index (χ4n) is 2.72. The van der Waals surface area contributed by atoms with E-state index in [1.807, 2.05) is 13.0 Å². The fourth-order valence-corrected chi connectivity index (χ4v) is 2.72. The van der Waals surface area contributed by atoms with E-state index in [2.05, 4.69) is 10.4 Å². The van der Waals surface area contributed by atoms with Crippen LogP contribution in [0.1, 0.15) is 21.6 Å². The summed E-state index contributed by atoms with van der Waals surface area (Å²) in [6.07, 6.45) is -4.54. The van der Waals surface area contributed by atoms with Gasteiger partial charge < -0.3 is 11.1 Å². The van der Waals surface area contributed by atoms with Crippen LogP contribution in [0.3, 0.4) is 0 Å². The Morgan fingerprint density at radius 3 is 2.48 bits per heavy atom. The number of carbonyl (C=O) groups is 1.